The molecule has 4 N–H and O–H groups in total. The van der Waals surface area contributed by atoms with Crippen molar-refractivity contribution in [3.63, 3.8) is 0 Å². The van der Waals surface area contributed by atoms with E-state index in [-0.39, 0.29) is 17.6 Å². The maximum Gasteiger partial charge on any atom is 0.315 e. The minimum atomic E-state index is -0.218. The number of nitrogens with two attached hydrogens (primary N) is 1. The quantitative estimate of drug-likeness (QED) is 0.763. The van der Waals surface area contributed by atoms with E-state index in [0.717, 1.165) is 42.9 Å². The third-order valence-electron chi connectivity index (χ3n) is 7.59. The molecule has 142 valence electrons. The molecule has 4 bridgehead atoms. The molecule has 0 spiro atoms. The summed E-state index contributed by atoms with van der Waals surface area (Å²) >= 11 is 0. The zero-order valence-corrected chi connectivity index (χ0v) is 15.6. The monoisotopic (exact) mass is 358 g/mol. The molecule has 1 atom stereocenters. The predicted molar refractivity (Wildman–Crippen MR) is 97.3 cm³/mol. The van der Waals surface area contributed by atoms with E-state index in [1.54, 1.807) is 0 Å². The molecule has 1 aromatic heterocycles. The average molecular weight is 358 g/mol. The maximum absolute atomic E-state index is 12.5. The first-order valence-corrected chi connectivity index (χ1v) is 10.3. The highest BCUT2D eigenvalue weighted by atomic mass is 16.2. The number of nitrogens with zero attached hydrogens (tertiary/aromatic N) is 3. The van der Waals surface area contributed by atoms with E-state index in [0.29, 0.717) is 18.4 Å². The zero-order chi connectivity index (χ0) is 17.9. The van der Waals surface area contributed by atoms with Gasteiger partial charge in [0.15, 0.2) is 5.82 Å². The number of rotatable bonds is 4. The standard InChI is InChI=1S/C19H30N6O/c1-11(17-24-23-16-3-2-4-25(16)17)22-18(26)21-10-19(20)14-6-12-5-13(8-14)9-15(19)7-12/h11-15H,2-10,20H2,1H3,(H2,21,22,26). The van der Waals surface area contributed by atoms with Gasteiger partial charge in [-0.3, -0.25) is 0 Å². The van der Waals surface area contributed by atoms with Crippen LogP contribution < -0.4 is 16.4 Å². The van der Waals surface area contributed by atoms with Crippen molar-refractivity contribution in [3.8, 4) is 0 Å². The number of urea groups is 1. The smallest absolute Gasteiger partial charge is 0.315 e. The van der Waals surface area contributed by atoms with Crippen LogP contribution in [0.1, 0.15) is 63.1 Å². The third-order valence-corrected chi connectivity index (χ3v) is 7.59. The Morgan fingerprint density at radius 1 is 1.23 bits per heavy atom. The van der Waals surface area contributed by atoms with E-state index in [1.807, 2.05) is 6.92 Å². The summed E-state index contributed by atoms with van der Waals surface area (Å²) in [6, 6.07) is -0.298. The van der Waals surface area contributed by atoms with E-state index in [1.165, 1.54) is 32.1 Å². The van der Waals surface area contributed by atoms with Crippen molar-refractivity contribution in [2.75, 3.05) is 6.54 Å². The second kappa shape index (κ2) is 5.94. The molecule has 1 aromatic rings. The van der Waals surface area contributed by atoms with E-state index >= 15 is 0 Å². The Bertz CT molecular complexity index is 685. The molecule has 0 aromatic carbocycles. The van der Waals surface area contributed by atoms with Crippen LogP contribution in [-0.2, 0) is 13.0 Å². The van der Waals surface area contributed by atoms with Crippen molar-refractivity contribution in [1.82, 2.24) is 25.4 Å². The van der Waals surface area contributed by atoms with Gasteiger partial charge in [-0.15, -0.1) is 10.2 Å². The minimum Gasteiger partial charge on any atom is -0.336 e. The SMILES string of the molecule is CC(NC(=O)NCC1(N)C2CC3CC(C2)CC1C3)c1nnc2n1CCC2. The molecule has 0 radical (unpaired) electrons. The molecule has 5 aliphatic rings. The molecule has 4 saturated carbocycles. The molecule has 26 heavy (non-hydrogen) atoms. The van der Waals surface area contributed by atoms with Gasteiger partial charge in [-0.05, 0) is 69.1 Å². The minimum absolute atomic E-state index is 0.147. The third kappa shape index (κ3) is 2.54. The summed E-state index contributed by atoms with van der Waals surface area (Å²) in [4.78, 5) is 12.5. The van der Waals surface area contributed by atoms with Crippen molar-refractivity contribution < 1.29 is 4.79 Å². The summed E-state index contributed by atoms with van der Waals surface area (Å²) in [6.45, 7) is 3.50. The van der Waals surface area contributed by atoms with Crippen LogP contribution >= 0.6 is 0 Å². The number of aromatic nitrogens is 3. The number of nitrogens with one attached hydrogen (secondary N) is 2. The van der Waals surface area contributed by atoms with Gasteiger partial charge in [0.05, 0.1) is 6.04 Å². The van der Waals surface area contributed by atoms with E-state index in [9.17, 15) is 4.79 Å². The van der Waals surface area contributed by atoms with Gasteiger partial charge in [0.1, 0.15) is 5.82 Å². The molecule has 4 fully saturated rings. The normalized spacial score (nSPS) is 38.2. The molecule has 0 saturated heterocycles. The first-order valence-electron chi connectivity index (χ1n) is 10.3. The Morgan fingerprint density at radius 2 is 1.92 bits per heavy atom. The van der Waals surface area contributed by atoms with Gasteiger partial charge in [-0.1, -0.05) is 0 Å². The second-order valence-electron chi connectivity index (χ2n) is 9.20. The lowest BCUT2D eigenvalue weighted by Crippen LogP contribution is -2.67. The Labute approximate surface area is 154 Å². The summed E-state index contributed by atoms with van der Waals surface area (Å²) in [7, 11) is 0. The molecule has 7 heteroatoms. The van der Waals surface area contributed by atoms with Crippen LogP contribution in [-0.4, -0.2) is 32.9 Å². The summed E-state index contributed by atoms with van der Waals surface area (Å²) < 4.78 is 2.13. The number of hydrogen-bond acceptors (Lipinski definition) is 4. The predicted octanol–water partition coefficient (Wildman–Crippen LogP) is 1.74. The number of hydrogen-bond donors (Lipinski definition) is 3. The largest absolute Gasteiger partial charge is 0.336 e. The van der Waals surface area contributed by atoms with E-state index < -0.39 is 0 Å². The van der Waals surface area contributed by atoms with Crippen LogP contribution in [0.25, 0.3) is 0 Å². The van der Waals surface area contributed by atoms with Crippen LogP contribution in [0.4, 0.5) is 4.79 Å². The van der Waals surface area contributed by atoms with Crippen molar-refractivity contribution >= 4 is 6.03 Å². The number of fused-ring (bicyclic) bond motifs is 1. The summed E-state index contributed by atoms with van der Waals surface area (Å²) in [6.07, 6.45) is 8.54. The van der Waals surface area contributed by atoms with Gasteiger partial charge in [-0.25, -0.2) is 4.79 Å². The van der Waals surface area contributed by atoms with Gasteiger partial charge in [0, 0.05) is 25.0 Å². The number of carbonyl (C=O) groups excluding carboxylic acids is 1. The topological polar surface area (TPSA) is 97.9 Å². The highest BCUT2D eigenvalue weighted by Gasteiger charge is 2.55. The Kier molecular flexibility index (Phi) is 3.78. The lowest BCUT2D eigenvalue weighted by Gasteiger charge is -2.59. The Morgan fingerprint density at radius 3 is 2.62 bits per heavy atom. The maximum atomic E-state index is 12.5. The first-order chi connectivity index (χ1) is 12.5. The molecule has 1 unspecified atom stereocenters. The lowest BCUT2D eigenvalue weighted by atomic mass is 9.49. The summed E-state index contributed by atoms with van der Waals surface area (Å²) in [5, 5.41) is 14.6. The molecule has 4 aliphatic carbocycles. The van der Waals surface area contributed by atoms with Crippen molar-refractivity contribution in [2.45, 2.75) is 70.0 Å². The molecule has 7 nitrogen and oxygen atoms in total. The van der Waals surface area contributed by atoms with E-state index in [2.05, 4.69) is 25.4 Å². The average Bonchev–Trinajstić information content (AvgIpc) is 3.20. The summed E-state index contributed by atoms with van der Waals surface area (Å²) in [5.74, 6) is 4.82. The van der Waals surface area contributed by atoms with E-state index in [4.69, 9.17) is 5.73 Å². The van der Waals surface area contributed by atoms with Crippen LogP contribution in [0, 0.1) is 23.7 Å². The number of amides is 2. The first kappa shape index (κ1) is 16.5. The van der Waals surface area contributed by atoms with Gasteiger partial charge in [0.2, 0.25) is 0 Å². The van der Waals surface area contributed by atoms with Crippen molar-refractivity contribution in [3.05, 3.63) is 11.6 Å². The van der Waals surface area contributed by atoms with Crippen molar-refractivity contribution in [1.29, 1.82) is 0 Å². The highest BCUT2D eigenvalue weighted by molar-refractivity contribution is 5.74. The molecule has 6 rings (SSSR count). The Balaban J connectivity index is 1.20. The molecule has 1 aliphatic heterocycles. The van der Waals surface area contributed by atoms with Gasteiger partial charge >= 0.3 is 6.03 Å². The highest BCUT2D eigenvalue weighted by Crippen LogP contribution is 2.57. The fourth-order valence-corrected chi connectivity index (χ4v) is 6.39. The molecule has 2 heterocycles. The summed E-state index contributed by atoms with van der Waals surface area (Å²) in [5.41, 5.74) is 6.65. The van der Waals surface area contributed by atoms with Crippen molar-refractivity contribution in [2.24, 2.45) is 29.4 Å². The fourth-order valence-electron chi connectivity index (χ4n) is 6.39. The van der Waals surface area contributed by atoms with Gasteiger partial charge in [-0.2, -0.15) is 0 Å². The van der Waals surface area contributed by atoms with Gasteiger partial charge < -0.3 is 20.9 Å². The van der Waals surface area contributed by atoms with Crippen LogP contribution in [0.5, 0.6) is 0 Å². The fraction of sp³-hybridized carbons (Fsp3) is 0.842. The molecular weight excluding hydrogens is 328 g/mol. The molecular formula is C19H30N6O. The van der Waals surface area contributed by atoms with Crippen LogP contribution in [0.15, 0.2) is 0 Å². The Hall–Kier alpha value is -1.63. The number of aryl methyl sites for hydroxylation is 1. The van der Waals surface area contributed by atoms with Crippen LogP contribution in [0.2, 0.25) is 0 Å². The zero-order valence-electron chi connectivity index (χ0n) is 15.6. The molecule has 2 amide bonds. The number of carbonyl (C=O) groups is 1. The van der Waals surface area contributed by atoms with Gasteiger partial charge in [0.25, 0.3) is 0 Å². The lowest BCUT2D eigenvalue weighted by molar-refractivity contribution is -0.0530. The second-order valence-corrected chi connectivity index (χ2v) is 9.20. The van der Waals surface area contributed by atoms with Crippen LogP contribution in [0.3, 0.4) is 0 Å².